The zero-order chi connectivity index (χ0) is 4.71. The number of hydrogen-bond donors (Lipinski definition) is 1. The van der Waals surface area contributed by atoms with E-state index < -0.39 is 16.2 Å². The van der Waals surface area contributed by atoms with Crippen molar-refractivity contribution in [3.05, 3.63) is 0 Å². The van der Waals surface area contributed by atoms with Crippen LogP contribution in [0, 0.1) is 0 Å². The molecule has 0 aromatic carbocycles. The Morgan fingerprint density at radius 2 is 1.43 bits per heavy atom. The van der Waals surface area contributed by atoms with E-state index in [2.05, 4.69) is 8.05 Å². The topological polar surface area (TPSA) is 54.4 Å². The fraction of sp³-hybridized carbons (Fsp3) is 0. The van der Waals surface area contributed by atoms with Crippen molar-refractivity contribution in [2.75, 3.05) is 0 Å². The molecular weight excluding hydrogens is 208 g/mol. The van der Waals surface area contributed by atoms with E-state index in [1.165, 1.54) is 0 Å². The first-order valence-corrected chi connectivity index (χ1v) is 1.76. The normalized spacial score (nSPS) is 1.86. The average Bonchev–Trinajstić information content (AvgIpc) is 1.46. The van der Waals surface area contributed by atoms with Crippen molar-refractivity contribution >= 4 is 8.05 Å². The van der Waals surface area contributed by atoms with Crippen molar-refractivity contribution in [1.29, 1.82) is 0 Å². The first-order chi connectivity index (χ1) is 2.41. The number of hydrogen-bond acceptors (Lipinski definition) is 3. The van der Waals surface area contributed by atoms with Crippen LogP contribution in [0.5, 0.6) is 0 Å². The molecule has 0 fully saturated rings. The molecule has 2 radical (unpaired) electrons. The average molecular weight is 210 g/mol. The molecule has 0 rings (SSSR count). The van der Waals surface area contributed by atoms with Crippen molar-refractivity contribution in [2.45, 2.75) is 0 Å². The standard InChI is InChI=1S/BHO.K.Ni.2O.V.H/c1-2;;;;;;/h2H;;;;;;/q;+1;;;;;-1. The van der Waals surface area contributed by atoms with Gasteiger partial charge in [0.2, 0.25) is 0 Å². The predicted octanol–water partition coefficient (Wildman–Crippen LogP) is -4.06. The van der Waals surface area contributed by atoms with Crippen LogP contribution in [-0.4, -0.2) is 13.1 Å². The summed E-state index contributed by atoms with van der Waals surface area (Å²) in [5.41, 5.74) is 0. The molecule has 0 amide bonds. The van der Waals surface area contributed by atoms with Gasteiger partial charge >= 0.3 is 74.9 Å². The molecule has 3 nitrogen and oxygen atoms in total. The molecule has 39 valence electrons. The van der Waals surface area contributed by atoms with Gasteiger partial charge in [-0.2, -0.15) is 0 Å². The van der Waals surface area contributed by atoms with Crippen LogP contribution in [0.15, 0.2) is 0 Å². The molecule has 0 bridgehead atoms. The summed E-state index contributed by atoms with van der Waals surface area (Å²) in [5, 5.41) is 6.50. The van der Waals surface area contributed by atoms with Gasteiger partial charge in [0.25, 0.3) is 8.05 Å². The van der Waals surface area contributed by atoms with Gasteiger partial charge in [0, 0.05) is 16.5 Å². The molecule has 0 aromatic heterocycles. The monoisotopic (exact) mass is 209 g/mol. The fourth-order valence-electron chi connectivity index (χ4n) is 0. The first kappa shape index (κ1) is 22.8. The van der Waals surface area contributed by atoms with Gasteiger partial charge in [0.15, 0.2) is 0 Å². The Bertz CT molecular complexity index is 40.3. The van der Waals surface area contributed by atoms with Gasteiger partial charge in [-0.1, -0.05) is 0 Å². The molecule has 0 aliphatic carbocycles. The van der Waals surface area contributed by atoms with Crippen LogP contribution in [0.25, 0.3) is 0 Å². The molecule has 0 aromatic rings. The fourth-order valence-corrected chi connectivity index (χ4v) is 0. The van der Waals surface area contributed by atoms with E-state index in [9.17, 15) is 0 Å². The zero-order valence-corrected chi connectivity index (χ0v) is 9.11. The molecule has 1 N–H and O–H groups in total. The third kappa shape index (κ3) is 61.2. The van der Waals surface area contributed by atoms with E-state index in [1.54, 1.807) is 0 Å². The molecule has 0 atom stereocenters. The molecule has 0 saturated carbocycles. The van der Waals surface area contributed by atoms with E-state index in [4.69, 9.17) is 12.4 Å². The Morgan fingerprint density at radius 3 is 1.43 bits per heavy atom. The second kappa shape index (κ2) is 40.3. The minimum atomic E-state index is -1.81. The third-order valence-electron chi connectivity index (χ3n) is 0. The van der Waals surface area contributed by atoms with Gasteiger partial charge in [-0.25, -0.2) is 0 Å². The van der Waals surface area contributed by atoms with Gasteiger partial charge in [-0.15, -0.1) is 0 Å². The van der Waals surface area contributed by atoms with Crippen molar-refractivity contribution in [2.24, 2.45) is 0 Å². The van der Waals surface area contributed by atoms with Gasteiger partial charge in [0.05, 0.1) is 0 Å². The van der Waals surface area contributed by atoms with Crippen LogP contribution in [-0.2, 0) is 40.0 Å². The van der Waals surface area contributed by atoms with Crippen LogP contribution in [0.4, 0.5) is 0 Å². The van der Waals surface area contributed by atoms with Crippen LogP contribution < -0.4 is 51.4 Å². The second-order valence-electron chi connectivity index (χ2n) is 0.0745. The summed E-state index contributed by atoms with van der Waals surface area (Å²) in [6.45, 7) is 0. The third-order valence-corrected chi connectivity index (χ3v) is 0. The number of rotatable bonds is 0. The SMILES string of the molecule is [B]O.[H-].[K+].[Ni].[O]=[V]=[O]. The molecule has 0 aliphatic heterocycles. The molecule has 0 aliphatic rings. The van der Waals surface area contributed by atoms with Crippen LogP contribution in [0.2, 0.25) is 0 Å². The van der Waals surface area contributed by atoms with Crippen molar-refractivity contribution < 1.29 is 97.9 Å². The first-order valence-electron chi connectivity index (χ1n) is 0.623. The molecular formula is H2BKNiO3V. The summed E-state index contributed by atoms with van der Waals surface area (Å²) in [7, 11) is 3.50. The van der Waals surface area contributed by atoms with E-state index >= 15 is 0 Å². The Kier molecular flexibility index (Phi) is 131. The predicted molar refractivity (Wildman–Crippen MR) is 10.5 cm³/mol. The van der Waals surface area contributed by atoms with Gasteiger partial charge < -0.3 is 6.45 Å². The summed E-state index contributed by atoms with van der Waals surface area (Å²) in [5.74, 6) is 0. The molecule has 0 saturated heterocycles. The van der Waals surface area contributed by atoms with Crippen molar-refractivity contribution in [1.82, 2.24) is 0 Å². The Labute approximate surface area is 104 Å². The van der Waals surface area contributed by atoms with E-state index in [-0.39, 0.29) is 69.3 Å². The molecule has 7 heteroatoms. The second-order valence-corrected chi connectivity index (χ2v) is 0.307. The van der Waals surface area contributed by atoms with Crippen molar-refractivity contribution in [3.63, 3.8) is 0 Å². The van der Waals surface area contributed by atoms with Crippen molar-refractivity contribution in [3.8, 4) is 0 Å². The van der Waals surface area contributed by atoms with Gasteiger partial charge in [-0.3, -0.25) is 0 Å². The molecule has 0 heterocycles. The maximum absolute atomic E-state index is 8.47. The van der Waals surface area contributed by atoms with Gasteiger partial charge in [0.1, 0.15) is 0 Å². The van der Waals surface area contributed by atoms with E-state index in [0.29, 0.717) is 0 Å². The quantitative estimate of drug-likeness (QED) is 0.413. The molecule has 7 heavy (non-hydrogen) atoms. The summed E-state index contributed by atoms with van der Waals surface area (Å²) in [4.78, 5) is 0. The zero-order valence-electron chi connectivity index (χ0n) is 4.60. The molecule has 0 unspecified atom stereocenters. The van der Waals surface area contributed by atoms with E-state index in [0.717, 1.165) is 0 Å². The van der Waals surface area contributed by atoms with Crippen LogP contribution in [0.1, 0.15) is 1.43 Å². The van der Waals surface area contributed by atoms with Crippen LogP contribution in [0.3, 0.4) is 0 Å². The van der Waals surface area contributed by atoms with E-state index in [1.807, 2.05) is 0 Å². The Balaban J connectivity index is -0.00000000567. The Hall–Kier alpha value is 2.34. The minimum absolute atomic E-state index is 0. The summed E-state index contributed by atoms with van der Waals surface area (Å²) in [6, 6.07) is 0. The summed E-state index contributed by atoms with van der Waals surface area (Å²) in [6.07, 6.45) is 0. The van der Waals surface area contributed by atoms with Crippen LogP contribution >= 0.6 is 0 Å². The summed E-state index contributed by atoms with van der Waals surface area (Å²) < 4.78 is 16.9. The summed E-state index contributed by atoms with van der Waals surface area (Å²) >= 11 is -1.81. The molecule has 0 spiro atoms. The maximum atomic E-state index is 8.47. The Morgan fingerprint density at radius 1 is 1.43 bits per heavy atom. The van der Waals surface area contributed by atoms with Gasteiger partial charge in [-0.05, 0) is 0 Å².